The van der Waals surface area contributed by atoms with Crippen LogP contribution in [0.3, 0.4) is 0 Å². The van der Waals surface area contributed by atoms with Gasteiger partial charge in [0.25, 0.3) is 5.91 Å². The maximum absolute atomic E-state index is 12.1. The fourth-order valence-corrected chi connectivity index (χ4v) is 2.36. The average Bonchev–Trinajstić information content (AvgIpc) is 3.02. The van der Waals surface area contributed by atoms with Crippen LogP contribution in [0.2, 0.25) is 0 Å². The maximum atomic E-state index is 12.1. The number of hydrogen-bond acceptors (Lipinski definition) is 4. The van der Waals surface area contributed by atoms with E-state index in [0.29, 0.717) is 18.7 Å². The van der Waals surface area contributed by atoms with Gasteiger partial charge in [0.15, 0.2) is 0 Å². The number of carbonyl (C=O) groups excluding carboxylic acids is 1. The number of imidazole rings is 2. The molecule has 1 saturated carbocycles. The molecule has 1 fully saturated rings. The minimum Gasteiger partial charge on any atom is -0.477 e. The summed E-state index contributed by atoms with van der Waals surface area (Å²) in [6.07, 6.45) is 4.71. The van der Waals surface area contributed by atoms with Crippen LogP contribution in [-0.4, -0.2) is 36.9 Å². The smallest absolute Gasteiger partial charge is 0.353 e. The number of carboxylic acid groups (broad SMARTS) is 1. The average molecular weight is 291 g/mol. The summed E-state index contributed by atoms with van der Waals surface area (Å²) < 4.78 is 0. The normalized spacial score (nSPS) is 16.2. The number of nitrogens with one attached hydrogen (secondary N) is 4. The lowest BCUT2D eigenvalue weighted by atomic mass is 9.76. The number of nitrogens with zero attached hydrogens (tertiary/aromatic N) is 1. The number of hydrogen-bond donors (Lipinski definition) is 5. The Kier molecular flexibility index (Phi) is 2.89. The van der Waals surface area contributed by atoms with Gasteiger partial charge in [-0.1, -0.05) is 0 Å². The highest BCUT2D eigenvalue weighted by atomic mass is 16.4. The van der Waals surface area contributed by atoms with E-state index in [-0.39, 0.29) is 11.4 Å². The van der Waals surface area contributed by atoms with Gasteiger partial charge in [-0.25, -0.2) is 14.6 Å². The van der Waals surface area contributed by atoms with Crippen LogP contribution in [0, 0.1) is 0 Å². The van der Waals surface area contributed by atoms with E-state index in [9.17, 15) is 14.4 Å². The van der Waals surface area contributed by atoms with Crippen molar-refractivity contribution in [2.75, 3.05) is 0 Å². The Morgan fingerprint density at radius 3 is 2.52 bits per heavy atom. The van der Waals surface area contributed by atoms with Gasteiger partial charge in [0.05, 0.1) is 11.7 Å². The number of carboxylic acids is 1. The van der Waals surface area contributed by atoms with Crippen LogP contribution in [0.25, 0.3) is 0 Å². The zero-order valence-electron chi connectivity index (χ0n) is 10.9. The maximum Gasteiger partial charge on any atom is 0.353 e. The first-order chi connectivity index (χ1) is 10.00. The third-order valence-electron chi connectivity index (χ3n) is 3.66. The fraction of sp³-hybridized carbons (Fsp3) is 0.333. The molecule has 1 aliphatic carbocycles. The fourth-order valence-electron chi connectivity index (χ4n) is 2.36. The molecule has 9 nitrogen and oxygen atoms in total. The summed E-state index contributed by atoms with van der Waals surface area (Å²) in [6, 6.07) is 0. The van der Waals surface area contributed by atoms with E-state index in [2.05, 4.69) is 25.3 Å². The number of rotatable bonds is 4. The van der Waals surface area contributed by atoms with E-state index in [1.54, 1.807) is 0 Å². The van der Waals surface area contributed by atoms with Gasteiger partial charge in [-0.05, 0) is 19.3 Å². The second-order valence-corrected chi connectivity index (χ2v) is 5.00. The number of H-pyrrole nitrogens is 3. The van der Waals surface area contributed by atoms with Crippen LogP contribution in [0.1, 0.15) is 46.1 Å². The first-order valence-electron chi connectivity index (χ1n) is 6.39. The topological polar surface area (TPSA) is 144 Å². The van der Waals surface area contributed by atoms with E-state index in [1.165, 1.54) is 12.4 Å². The summed E-state index contributed by atoms with van der Waals surface area (Å²) >= 11 is 0. The molecule has 1 amide bonds. The number of amides is 1. The number of aromatic amines is 3. The lowest BCUT2D eigenvalue weighted by Gasteiger charge is -2.40. The highest BCUT2D eigenvalue weighted by Gasteiger charge is 2.43. The molecule has 0 unspecified atom stereocenters. The van der Waals surface area contributed by atoms with Gasteiger partial charge in [-0.2, -0.15) is 0 Å². The minimum atomic E-state index is -1.11. The zero-order valence-corrected chi connectivity index (χ0v) is 10.9. The molecule has 2 aromatic rings. The van der Waals surface area contributed by atoms with Gasteiger partial charge in [-0.15, -0.1) is 0 Å². The van der Waals surface area contributed by atoms with Crippen molar-refractivity contribution in [3.63, 3.8) is 0 Å². The van der Waals surface area contributed by atoms with Crippen LogP contribution in [0.15, 0.2) is 17.2 Å². The zero-order chi connectivity index (χ0) is 15.0. The number of carbonyl (C=O) groups is 2. The Balaban J connectivity index is 1.84. The summed E-state index contributed by atoms with van der Waals surface area (Å²) in [7, 11) is 0. The summed E-state index contributed by atoms with van der Waals surface area (Å²) in [6.45, 7) is 0. The molecule has 0 spiro atoms. The molecular weight excluding hydrogens is 278 g/mol. The molecular formula is C12H13N5O4. The van der Waals surface area contributed by atoms with Crippen molar-refractivity contribution in [1.29, 1.82) is 0 Å². The van der Waals surface area contributed by atoms with Gasteiger partial charge in [-0.3, -0.25) is 4.79 Å². The first-order valence-corrected chi connectivity index (χ1v) is 6.39. The Morgan fingerprint density at radius 2 is 2.05 bits per heavy atom. The van der Waals surface area contributed by atoms with Crippen molar-refractivity contribution in [1.82, 2.24) is 25.3 Å². The van der Waals surface area contributed by atoms with Gasteiger partial charge in [0.1, 0.15) is 17.2 Å². The highest BCUT2D eigenvalue weighted by molar-refractivity contribution is 5.92. The second kappa shape index (κ2) is 4.62. The van der Waals surface area contributed by atoms with E-state index >= 15 is 0 Å². The van der Waals surface area contributed by atoms with Crippen LogP contribution < -0.4 is 11.0 Å². The van der Waals surface area contributed by atoms with Gasteiger partial charge < -0.3 is 25.4 Å². The predicted molar refractivity (Wildman–Crippen MR) is 70.0 cm³/mol. The molecule has 2 aromatic heterocycles. The van der Waals surface area contributed by atoms with Gasteiger partial charge in [0.2, 0.25) is 0 Å². The highest BCUT2D eigenvalue weighted by Crippen LogP contribution is 2.39. The third-order valence-corrected chi connectivity index (χ3v) is 3.66. The molecule has 2 heterocycles. The SMILES string of the molecule is O=C(O)c1cnc(C2(NC(=O)c3c[nH]c(=O)[nH]3)CCC2)[nH]1. The Hall–Kier alpha value is -2.84. The van der Waals surface area contributed by atoms with E-state index in [1.807, 2.05) is 0 Å². The monoisotopic (exact) mass is 291 g/mol. The molecule has 0 atom stereocenters. The largest absolute Gasteiger partial charge is 0.477 e. The van der Waals surface area contributed by atoms with Crippen molar-refractivity contribution in [2.45, 2.75) is 24.8 Å². The number of aromatic nitrogens is 4. The molecule has 0 saturated heterocycles. The van der Waals surface area contributed by atoms with Crippen LogP contribution in [0.4, 0.5) is 0 Å². The Morgan fingerprint density at radius 1 is 1.29 bits per heavy atom. The molecule has 5 N–H and O–H groups in total. The lowest BCUT2D eigenvalue weighted by molar-refractivity contribution is 0.0690. The third kappa shape index (κ3) is 2.22. The van der Waals surface area contributed by atoms with Gasteiger partial charge in [0, 0.05) is 6.20 Å². The Labute approximate surface area is 117 Å². The van der Waals surface area contributed by atoms with Crippen molar-refractivity contribution in [2.24, 2.45) is 0 Å². The molecule has 110 valence electrons. The predicted octanol–water partition coefficient (Wildman–Crippen LogP) is -0.0665. The molecule has 0 bridgehead atoms. The lowest BCUT2D eigenvalue weighted by Crippen LogP contribution is -2.51. The molecule has 0 radical (unpaired) electrons. The second-order valence-electron chi connectivity index (χ2n) is 5.00. The molecule has 1 aliphatic rings. The van der Waals surface area contributed by atoms with Crippen LogP contribution >= 0.6 is 0 Å². The quantitative estimate of drug-likeness (QED) is 0.535. The molecule has 0 aromatic carbocycles. The molecule has 9 heteroatoms. The van der Waals surface area contributed by atoms with Crippen molar-refractivity contribution < 1.29 is 14.7 Å². The molecule has 21 heavy (non-hydrogen) atoms. The minimum absolute atomic E-state index is 0.0272. The summed E-state index contributed by atoms with van der Waals surface area (Å²) in [5.41, 5.74) is -1.08. The van der Waals surface area contributed by atoms with Crippen LogP contribution in [-0.2, 0) is 5.54 Å². The van der Waals surface area contributed by atoms with E-state index in [0.717, 1.165) is 6.42 Å². The first kappa shape index (κ1) is 13.2. The number of aromatic carboxylic acids is 1. The summed E-state index contributed by atoms with van der Waals surface area (Å²) in [5, 5.41) is 11.7. The molecule has 3 rings (SSSR count). The summed E-state index contributed by atoms with van der Waals surface area (Å²) in [4.78, 5) is 45.5. The Bertz CT molecular complexity index is 752. The summed E-state index contributed by atoms with van der Waals surface area (Å²) in [5.74, 6) is -1.14. The van der Waals surface area contributed by atoms with Crippen LogP contribution in [0.5, 0.6) is 0 Å². The van der Waals surface area contributed by atoms with Gasteiger partial charge >= 0.3 is 11.7 Å². The van der Waals surface area contributed by atoms with Crippen molar-refractivity contribution in [3.8, 4) is 0 Å². The van der Waals surface area contributed by atoms with Crippen molar-refractivity contribution >= 4 is 11.9 Å². The van der Waals surface area contributed by atoms with Crippen molar-refractivity contribution in [3.05, 3.63) is 40.1 Å². The standard InChI is InChI=1S/C12H13N5O4/c18-8(6-4-14-11(21)16-6)17-12(2-1-3-12)10-13-5-7(15-10)9(19)20/h4-5H,1-3H2,(H,13,15)(H,17,18)(H,19,20)(H2,14,16,21). The van der Waals surface area contributed by atoms with E-state index < -0.39 is 23.1 Å². The molecule has 0 aliphatic heterocycles. The van der Waals surface area contributed by atoms with E-state index in [4.69, 9.17) is 5.11 Å².